The van der Waals surface area contributed by atoms with Crippen molar-refractivity contribution < 1.29 is 0 Å². The van der Waals surface area contributed by atoms with Crippen LogP contribution in [-0.4, -0.2) is 18.0 Å². The van der Waals surface area contributed by atoms with Crippen LogP contribution in [0.1, 0.15) is 20.8 Å². The summed E-state index contributed by atoms with van der Waals surface area (Å²) >= 11 is 0. The van der Waals surface area contributed by atoms with Gasteiger partial charge in [-0.05, 0) is 26.5 Å². The second-order valence-corrected chi connectivity index (χ2v) is 1.90. The average Bonchev–Trinajstić information content (AvgIpc) is 1.91. The van der Waals surface area contributed by atoms with Crippen molar-refractivity contribution in [2.45, 2.75) is 20.8 Å². The van der Waals surface area contributed by atoms with Gasteiger partial charge in [-0.1, -0.05) is 13.0 Å². The summed E-state index contributed by atoms with van der Waals surface area (Å²) < 4.78 is 0. The molecule has 0 aromatic rings. The highest BCUT2D eigenvalue weighted by molar-refractivity contribution is 4.90. The first-order valence-corrected chi connectivity index (χ1v) is 3.55. The van der Waals surface area contributed by atoms with Gasteiger partial charge in [0.15, 0.2) is 0 Å². The molecule has 0 unspecified atom stereocenters. The Balaban J connectivity index is 3.41. The molecule has 0 rings (SSSR count). The Morgan fingerprint density at radius 1 is 1.22 bits per heavy atom. The van der Waals surface area contributed by atoms with Gasteiger partial charge in [0.2, 0.25) is 0 Å². The molecular formula is C8H16N. The second-order valence-electron chi connectivity index (χ2n) is 1.90. The fourth-order valence-corrected chi connectivity index (χ4v) is 0.642. The molecule has 0 bridgehead atoms. The number of rotatable bonds is 4. The van der Waals surface area contributed by atoms with Gasteiger partial charge in [-0.3, -0.25) is 0 Å². The quantitative estimate of drug-likeness (QED) is 0.557. The van der Waals surface area contributed by atoms with E-state index in [4.69, 9.17) is 0 Å². The van der Waals surface area contributed by atoms with Crippen LogP contribution in [-0.2, 0) is 0 Å². The summed E-state index contributed by atoms with van der Waals surface area (Å²) in [5.74, 6) is 0. The molecule has 0 aliphatic carbocycles. The van der Waals surface area contributed by atoms with Crippen LogP contribution in [0.25, 0.3) is 0 Å². The van der Waals surface area contributed by atoms with E-state index >= 15 is 0 Å². The molecule has 53 valence electrons. The highest BCUT2D eigenvalue weighted by Crippen LogP contribution is 1.88. The van der Waals surface area contributed by atoms with Crippen LogP contribution in [0.5, 0.6) is 0 Å². The number of allylic oxidation sites excluding steroid dienone is 1. The Morgan fingerprint density at radius 3 is 2.11 bits per heavy atom. The lowest BCUT2D eigenvalue weighted by atomic mass is 10.4. The number of hydrogen-bond donors (Lipinski definition) is 0. The fraction of sp³-hybridized carbons (Fsp3) is 0.625. The van der Waals surface area contributed by atoms with Gasteiger partial charge in [0, 0.05) is 13.1 Å². The Labute approximate surface area is 58.4 Å². The molecule has 1 nitrogen and oxygen atoms in total. The Bertz CT molecular complexity index is 72.6. The average molecular weight is 126 g/mol. The van der Waals surface area contributed by atoms with Gasteiger partial charge in [-0.15, -0.1) is 0 Å². The molecule has 9 heavy (non-hydrogen) atoms. The topological polar surface area (TPSA) is 3.24 Å². The second kappa shape index (κ2) is 5.67. The zero-order valence-electron chi connectivity index (χ0n) is 6.59. The molecule has 0 N–H and O–H groups in total. The summed E-state index contributed by atoms with van der Waals surface area (Å²) in [4.78, 5) is 2.25. The third-order valence-corrected chi connectivity index (χ3v) is 1.30. The maximum Gasteiger partial charge on any atom is 0.0143 e. The third-order valence-electron chi connectivity index (χ3n) is 1.30. The van der Waals surface area contributed by atoms with E-state index in [1.54, 1.807) is 0 Å². The SMILES string of the molecule is C[CH]/C=C/N(CC)CC. The van der Waals surface area contributed by atoms with Crippen LogP contribution >= 0.6 is 0 Å². The van der Waals surface area contributed by atoms with E-state index in [0.717, 1.165) is 13.1 Å². The largest absolute Gasteiger partial charge is 0.378 e. The van der Waals surface area contributed by atoms with Crippen molar-refractivity contribution in [1.29, 1.82) is 0 Å². The van der Waals surface area contributed by atoms with Crippen LogP contribution in [0.15, 0.2) is 12.3 Å². The Kier molecular flexibility index (Phi) is 5.38. The number of nitrogens with zero attached hydrogens (tertiary/aromatic N) is 1. The zero-order chi connectivity index (χ0) is 7.11. The fourth-order valence-electron chi connectivity index (χ4n) is 0.642. The highest BCUT2D eigenvalue weighted by Gasteiger charge is 1.85. The first-order chi connectivity index (χ1) is 4.35. The third kappa shape index (κ3) is 4.07. The molecule has 0 heterocycles. The molecule has 0 aromatic carbocycles. The summed E-state index contributed by atoms with van der Waals surface area (Å²) in [6, 6.07) is 0. The van der Waals surface area contributed by atoms with Crippen LogP contribution in [0.2, 0.25) is 0 Å². The zero-order valence-corrected chi connectivity index (χ0v) is 6.59. The molecule has 0 aliphatic heterocycles. The summed E-state index contributed by atoms with van der Waals surface area (Å²) in [5, 5.41) is 0. The first kappa shape index (κ1) is 8.54. The molecule has 0 aromatic heterocycles. The molecular weight excluding hydrogens is 110 g/mol. The molecule has 0 fully saturated rings. The van der Waals surface area contributed by atoms with E-state index in [9.17, 15) is 0 Å². The highest BCUT2D eigenvalue weighted by atomic mass is 15.1. The monoisotopic (exact) mass is 126 g/mol. The van der Waals surface area contributed by atoms with E-state index < -0.39 is 0 Å². The maximum atomic E-state index is 2.25. The van der Waals surface area contributed by atoms with E-state index in [0.29, 0.717) is 0 Å². The van der Waals surface area contributed by atoms with Gasteiger partial charge in [-0.25, -0.2) is 0 Å². The standard InChI is InChI=1S/C8H16N/c1-4-7-8-9(5-2)6-3/h4,7-8H,5-6H2,1-3H3/b8-7+. The van der Waals surface area contributed by atoms with Crippen molar-refractivity contribution in [1.82, 2.24) is 4.90 Å². The van der Waals surface area contributed by atoms with Crippen LogP contribution in [0, 0.1) is 6.42 Å². The molecule has 0 amide bonds. The van der Waals surface area contributed by atoms with Crippen molar-refractivity contribution in [2.24, 2.45) is 0 Å². The molecule has 1 heteroatoms. The molecule has 0 saturated carbocycles. The van der Waals surface area contributed by atoms with Gasteiger partial charge in [-0.2, -0.15) is 0 Å². The number of hydrogen-bond acceptors (Lipinski definition) is 1. The van der Waals surface area contributed by atoms with Crippen LogP contribution in [0.3, 0.4) is 0 Å². The minimum absolute atomic E-state index is 1.10. The molecule has 0 atom stereocenters. The molecule has 0 saturated heterocycles. The molecule has 1 radical (unpaired) electrons. The molecule has 0 aliphatic rings. The lowest BCUT2D eigenvalue weighted by Crippen LogP contribution is -2.14. The Morgan fingerprint density at radius 2 is 1.78 bits per heavy atom. The van der Waals surface area contributed by atoms with Gasteiger partial charge in [0.1, 0.15) is 0 Å². The van der Waals surface area contributed by atoms with E-state index in [2.05, 4.69) is 31.0 Å². The van der Waals surface area contributed by atoms with Crippen molar-refractivity contribution in [3.63, 3.8) is 0 Å². The van der Waals surface area contributed by atoms with Crippen molar-refractivity contribution in [3.05, 3.63) is 18.7 Å². The van der Waals surface area contributed by atoms with Crippen LogP contribution < -0.4 is 0 Å². The van der Waals surface area contributed by atoms with E-state index in [1.165, 1.54) is 0 Å². The minimum Gasteiger partial charge on any atom is -0.378 e. The van der Waals surface area contributed by atoms with Gasteiger partial charge in [0.25, 0.3) is 0 Å². The van der Waals surface area contributed by atoms with Crippen LogP contribution in [0.4, 0.5) is 0 Å². The summed E-state index contributed by atoms with van der Waals surface area (Å²) in [6.07, 6.45) is 6.21. The van der Waals surface area contributed by atoms with Gasteiger partial charge in [0.05, 0.1) is 0 Å². The van der Waals surface area contributed by atoms with E-state index in [-0.39, 0.29) is 0 Å². The van der Waals surface area contributed by atoms with Crippen molar-refractivity contribution >= 4 is 0 Å². The van der Waals surface area contributed by atoms with Gasteiger partial charge >= 0.3 is 0 Å². The summed E-state index contributed by atoms with van der Waals surface area (Å²) in [6.45, 7) is 8.54. The normalized spacial score (nSPS) is 10.6. The maximum absolute atomic E-state index is 2.25. The predicted molar refractivity (Wildman–Crippen MR) is 42.0 cm³/mol. The lowest BCUT2D eigenvalue weighted by Gasteiger charge is -2.13. The minimum atomic E-state index is 1.10. The van der Waals surface area contributed by atoms with Gasteiger partial charge < -0.3 is 4.90 Å². The summed E-state index contributed by atoms with van der Waals surface area (Å²) in [7, 11) is 0. The molecule has 0 spiro atoms. The first-order valence-electron chi connectivity index (χ1n) is 3.55. The summed E-state index contributed by atoms with van der Waals surface area (Å²) in [5.41, 5.74) is 0. The van der Waals surface area contributed by atoms with E-state index in [1.807, 2.05) is 13.3 Å². The predicted octanol–water partition coefficient (Wildman–Crippen LogP) is 2.07. The van der Waals surface area contributed by atoms with Crippen molar-refractivity contribution in [3.8, 4) is 0 Å². The Hall–Kier alpha value is -0.460. The lowest BCUT2D eigenvalue weighted by molar-refractivity contribution is 0.418. The smallest absolute Gasteiger partial charge is 0.0143 e. The van der Waals surface area contributed by atoms with Crippen molar-refractivity contribution in [2.75, 3.05) is 13.1 Å².